The minimum absolute atomic E-state index is 0.0925. The van der Waals surface area contributed by atoms with Gasteiger partial charge in [-0.25, -0.2) is 0 Å². The first-order valence-corrected chi connectivity index (χ1v) is 3.91. The van der Waals surface area contributed by atoms with E-state index in [1.807, 2.05) is 6.92 Å². The second kappa shape index (κ2) is 6.06. The van der Waals surface area contributed by atoms with Gasteiger partial charge in [-0.15, -0.1) is 0 Å². The standard InChI is InChI=1S/C10H15NO2/c1-8(11-3)7-10(12)6-5-9(2)13-4/h5-7,11H,2H2,1,3-4H3/b6-5-,8-7?. The number of ether oxygens (including phenoxy) is 1. The second-order valence-corrected chi connectivity index (χ2v) is 2.48. The molecule has 0 aliphatic heterocycles. The highest BCUT2D eigenvalue weighted by Crippen LogP contribution is 1.94. The molecule has 0 unspecified atom stereocenters. The Morgan fingerprint density at radius 1 is 1.46 bits per heavy atom. The van der Waals surface area contributed by atoms with Crippen LogP contribution in [0.5, 0.6) is 0 Å². The topological polar surface area (TPSA) is 38.3 Å². The Morgan fingerprint density at radius 3 is 2.54 bits per heavy atom. The number of hydrogen-bond donors (Lipinski definition) is 1. The van der Waals surface area contributed by atoms with Gasteiger partial charge in [-0.05, 0) is 19.1 Å². The summed E-state index contributed by atoms with van der Waals surface area (Å²) in [6, 6.07) is 0. The molecular weight excluding hydrogens is 166 g/mol. The lowest BCUT2D eigenvalue weighted by molar-refractivity contribution is -0.110. The molecule has 0 saturated heterocycles. The summed E-state index contributed by atoms with van der Waals surface area (Å²) in [6.45, 7) is 5.36. The largest absolute Gasteiger partial charge is 0.497 e. The van der Waals surface area contributed by atoms with Gasteiger partial charge in [0.2, 0.25) is 0 Å². The molecule has 0 rings (SSSR count). The van der Waals surface area contributed by atoms with Gasteiger partial charge in [-0.2, -0.15) is 0 Å². The summed E-state index contributed by atoms with van der Waals surface area (Å²) in [4.78, 5) is 11.1. The summed E-state index contributed by atoms with van der Waals surface area (Å²) in [5.41, 5.74) is 0.817. The van der Waals surface area contributed by atoms with Crippen LogP contribution in [0.1, 0.15) is 6.92 Å². The Bertz CT molecular complexity index is 252. The second-order valence-electron chi connectivity index (χ2n) is 2.48. The Balaban J connectivity index is 4.16. The molecule has 0 bridgehead atoms. The van der Waals surface area contributed by atoms with E-state index >= 15 is 0 Å². The maximum absolute atomic E-state index is 11.1. The van der Waals surface area contributed by atoms with Crippen molar-refractivity contribution >= 4 is 5.78 Å². The van der Waals surface area contributed by atoms with Crippen LogP contribution >= 0.6 is 0 Å². The van der Waals surface area contributed by atoms with Crippen molar-refractivity contribution in [1.29, 1.82) is 0 Å². The van der Waals surface area contributed by atoms with E-state index in [1.165, 1.54) is 25.3 Å². The van der Waals surface area contributed by atoms with Gasteiger partial charge in [-0.1, -0.05) is 6.58 Å². The first kappa shape index (κ1) is 11.5. The molecule has 3 heteroatoms. The molecule has 0 aromatic carbocycles. The highest BCUT2D eigenvalue weighted by molar-refractivity contribution is 5.99. The third-order valence-electron chi connectivity index (χ3n) is 1.45. The lowest BCUT2D eigenvalue weighted by Gasteiger charge is -1.96. The van der Waals surface area contributed by atoms with Gasteiger partial charge in [0.25, 0.3) is 0 Å². The van der Waals surface area contributed by atoms with Crippen molar-refractivity contribution in [3.05, 3.63) is 36.3 Å². The zero-order valence-electron chi connectivity index (χ0n) is 8.26. The summed E-state index contributed by atoms with van der Waals surface area (Å²) < 4.78 is 4.76. The number of allylic oxidation sites excluding steroid dienone is 4. The number of carbonyl (C=O) groups is 1. The molecule has 0 amide bonds. The average molecular weight is 181 g/mol. The van der Waals surface area contributed by atoms with Crippen LogP contribution in [0.2, 0.25) is 0 Å². The Labute approximate surface area is 78.8 Å². The van der Waals surface area contributed by atoms with Crippen LogP contribution in [0, 0.1) is 0 Å². The summed E-state index contributed by atoms with van der Waals surface area (Å²) >= 11 is 0. The fraction of sp³-hybridized carbons (Fsp3) is 0.300. The molecule has 0 aliphatic rings. The molecule has 0 saturated carbocycles. The van der Waals surface area contributed by atoms with E-state index in [2.05, 4.69) is 11.9 Å². The van der Waals surface area contributed by atoms with Crippen molar-refractivity contribution in [1.82, 2.24) is 5.32 Å². The number of nitrogens with one attached hydrogen (secondary N) is 1. The van der Waals surface area contributed by atoms with Crippen LogP contribution < -0.4 is 5.32 Å². The number of rotatable bonds is 5. The highest BCUT2D eigenvalue weighted by atomic mass is 16.5. The van der Waals surface area contributed by atoms with E-state index in [9.17, 15) is 4.79 Å². The minimum atomic E-state index is -0.0925. The van der Waals surface area contributed by atoms with Gasteiger partial charge in [0, 0.05) is 18.8 Å². The molecule has 1 N–H and O–H groups in total. The molecule has 13 heavy (non-hydrogen) atoms. The molecule has 3 nitrogen and oxygen atoms in total. The van der Waals surface area contributed by atoms with Gasteiger partial charge in [0.1, 0.15) is 5.76 Å². The lowest BCUT2D eigenvalue weighted by Crippen LogP contribution is -2.03. The zero-order chi connectivity index (χ0) is 10.3. The smallest absolute Gasteiger partial charge is 0.180 e. The van der Waals surface area contributed by atoms with Crippen LogP contribution in [0.15, 0.2) is 36.3 Å². The fourth-order valence-electron chi connectivity index (χ4n) is 0.577. The van der Waals surface area contributed by atoms with Crippen molar-refractivity contribution in [2.45, 2.75) is 6.92 Å². The normalized spacial score (nSPS) is 11.5. The highest BCUT2D eigenvalue weighted by Gasteiger charge is 1.91. The predicted octanol–water partition coefficient (Wildman–Crippen LogP) is 1.39. The van der Waals surface area contributed by atoms with Crippen LogP contribution in [0.4, 0.5) is 0 Å². The Kier molecular flexibility index (Phi) is 5.35. The van der Waals surface area contributed by atoms with E-state index in [-0.39, 0.29) is 5.78 Å². The third kappa shape index (κ3) is 5.73. The monoisotopic (exact) mass is 181 g/mol. The average Bonchev–Trinajstić information content (AvgIpc) is 2.13. The molecule has 0 aliphatic carbocycles. The van der Waals surface area contributed by atoms with E-state index in [0.717, 1.165) is 5.70 Å². The molecule has 0 fully saturated rings. The fourth-order valence-corrected chi connectivity index (χ4v) is 0.577. The molecule has 0 radical (unpaired) electrons. The van der Waals surface area contributed by atoms with Crippen LogP contribution in [0.3, 0.4) is 0 Å². The van der Waals surface area contributed by atoms with E-state index in [1.54, 1.807) is 7.05 Å². The van der Waals surface area contributed by atoms with Crippen molar-refractivity contribution < 1.29 is 9.53 Å². The van der Waals surface area contributed by atoms with Gasteiger partial charge in [0.15, 0.2) is 5.78 Å². The summed E-state index contributed by atoms with van der Waals surface area (Å²) in [7, 11) is 3.27. The van der Waals surface area contributed by atoms with Gasteiger partial charge >= 0.3 is 0 Å². The molecule has 0 spiro atoms. The first-order valence-electron chi connectivity index (χ1n) is 3.91. The lowest BCUT2D eigenvalue weighted by atomic mass is 10.3. The van der Waals surface area contributed by atoms with Crippen molar-refractivity contribution in [2.24, 2.45) is 0 Å². The van der Waals surface area contributed by atoms with Crippen LogP contribution in [-0.2, 0) is 9.53 Å². The van der Waals surface area contributed by atoms with Crippen molar-refractivity contribution in [3.8, 4) is 0 Å². The van der Waals surface area contributed by atoms with E-state index < -0.39 is 0 Å². The molecule has 0 aromatic rings. The summed E-state index contributed by atoms with van der Waals surface area (Å²) in [6.07, 6.45) is 4.44. The molecule has 0 aromatic heterocycles. The van der Waals surface area contributed by atoms with Gasteiger partial charge in [-0.3, -0.25) is 4.79 Å². The molecule has 72 valence electrons. The van der Waals surface area contributed by atoms with E-state index in [0.29, 0.717) is 5.76 Å². The van der Waals surface area contributed by atoms with Crippen LogP contribution in [-0.4, -0.2) is 19.9 Å². The SMILES string of the molecule is C=C(/C=C\C(=O)C=C(C)NC)OC. The maximum atomic E-state index is 11.1. The number of carbonyl (C=O) groups excluding carboxylic acids is 1. The quantitative estimate of drug-likeness (QED) is 0.396. The van der Waals surface area contributed by atoms with Crippen molar-refractivity contribution in [3.63, 3.8) is 0 Å². The first-order chi connectivity index (χ1) is 6.10. The number of methoxy groups -OCH3 is 1. The number of ketones is 1. The summed E-state index contributed by atoms with van der Waals surface area (Å²) in [5.74, 6) is 0.369. The maximum Gasteiger partial charge on any atom is 0.180 e. The zero-order valence-corrected chi connectivity index (χ0v) is 8.26. The Morgan fingerprint density at radius 2 is 2.08 bits per heavy atom. The van der Waals surface area contributed by atoms with Gasteiger partial charge in [0.05, 0.1) is 7.11 Å². The number of hydrogen-bond acceptors (Lipinski definition) is 3. The minimum Gasteiger partial charge on any atom is -0.497 e. The van der Waals surface area contributed by atoms with Crippen LogP contribution in [0.25, 0.3) is 0 Å². The third-order valence-corrected chi connectivity index (χ3v) is 1.45. The summed E-state index contributed by atoms with van der Waals surface area (Å²) in [5, 5.41) is 2.85. The van der Waals surface area contributed by atoms with E-state index in [4.69, 9.17) is 4.74 Å². The predicted molar refractivity (Wildman–Crippen MR) is 53.1 cm³/mol. The molecule has 0 atom stereocenters. The molecule has 0 heterocycles. The molecular formula is C10H15NO2. The Hall–Kier alpha value is -1.51. The van der Waals surface area contributed by atoms with Crippen molar-refractivity contribution in [2.75, 3.05) is 14.2 Å². The van der Waals surface area contributed by atoms with Gasteiger partial charge < -0.3 is 10.1 Å².